The summed E-state index contributed by atoms with van der Waals surface area (Å²) in [5.74, 6) is 2.95. The zero-order valence-electron chi connectivity index (χ0n) is 68.0. The van der Waals surface area contributed by atoms with Gasteiger partial charge in [0.1, 0.15) is 67.6 Å². The highest BCUT2D eigenvalue weighted by Gasteiger charge is 2.27. The summed E-state index contributed by atoms with van der Waals surface area (Å²) in [6.07, 6.45) is 11.7. The van der Waals surface area contributed by atoms with E-state index in [1.807, 2.05) is 220 Å². The number of aryl methyl sites for hydroxylation is 5. The number of aromatic nitrogens is 20. The number of imidazole rings is 3. The second-order valence-corrected chi connectivity index (χ2v) is 32.0. The third kappa shape index (κ3) is 15.2. The van der Waals surface area contributed by atoms with E-state index in [9.17, 15) is 24.3 Å². The Balaban J connectivity index is 0.000000114. The Morgan fingerprint density at radius 3 is 1.63 bits per heavy atom. The molecule has 8 N–H and O–H groups in total. The molecule has 0 aliphatic carbocycles. The second-order valence-electron chi connectivity index (χ2n) is 29.7. The molecule has 0 amide bonds. The number of nitrogens with one attached hydrogen (secondary N) is 1. The number of hydrogen-bond donors (Lipinski definition) is 5. The number of thioether (sulfide) groups is 1. The van der Waals surface area contributed by atoms with E-state index in [0.29, 0.717) is 145 Å². The Bertz CT molecular complexity index is 8070. The monoisotopic (exact) mass is 1710 g/mol. The molecule has 1 atom stereocenters. The Hall–Kier alpha value is -15.7. The van der Waals surface area contributed by atoms with E-state index in [2.05, 4.69) is 39.9 Å². The number of rotatable bonds is 14. The average Bonchev–Trinajstić information content (AvgIpc) is 1.57. The molecular weight excluding hydrogens is 1630 g/mol. The molecule has 1 unspecified atom stereocenters. The molecule has 13 heterocycles. The van der Waals surface area contributed by atoms with Crippen molar-refractivity contribution in [3.63, 3.8) is 0 Å². The van der Waals surface area contributed by atoms with Gasteiger partial charge in [-0.2, -0.15) is 5.10 Å². The Morgan fingerprint density at radius 2 is 0.992 bits per heavy atom. The standard InChI is InChI=1S/C29H24N6O2.C23H20N6O.C22H16ClN5OS.C20H16N6OS/c1-17-7-3-4-12-23(17)35-24(32-22-11-5-8-18(2)25(22)29(35)37)16-34-28-26(21(30)13-14-31-28)27(33-34)19-9-6-10-20(36)15-19;1-14-6-3-4-9-18(14)29-19(27-17-8-5-7-15(2)20(17)23(29)30)12-28-13-26-21-16(24)10-11-25-22(21)28;1-13-5-2-3-8-17(13)28-18(27-15-7-4-6-14(23)19(15)22(28)29)11-30-21-20-16(9-10-24-21)25-12-26-20;1-12(25-11-23-16-14(21)7-9-22-19(16)25)18-24-15-8-10-28-17(15)20(27)26(18)13-5-3-2-4-6-13/h3-15,36H,16H2,1-2H3,(H2,30,31);3-11,13H,12H2,1-2H3,(H2,24,25);2-10,12H,11H2,1H3,(H,25,26);2-12H,1H3,(H2,21,22). The largest absolute Gasteiger partial charge is 0.508 e. The highest BCUT2D eigenvalue weighted by Crippen LogP contribution is 2.36. The molecule has 125 heavy (non-hydrogen) atoms. The molecule has 0 aliphatic heterocycles. The molecule has 0 aliphatic rings. The minimum atomic E-state index is -0.281. The zero-order valence-corrected chi connectivity index (χ0v) is 70.4. The number of nitrogens with zero attached hydrogens (tertiary/aromatic N) is 19. The maximum Gasteiger partial charge on any atom is 0.276 e. The number of nitrogens with two attached hydrogens (primary N) is 3. The summed E-state index contributed by atoms with van der Waals surface area (Å²) in [5, 5.41) is 20.3. The molecule has 21 rings (SSSR count). The fourth-order valence-corrected chi connectivity index (χ4v) is 17.5. The highest BCUT2D eigenvalue weighted by atomic mass is 35.5. The first-order valence-electron chi connectivity index (χ1n) is 39.6. The summed E-state index contributed by atoms with van der Waals surface area (Å²) < 4.78 is 12.8. The van der Waals surface area contributed by atoms with Crippen molar-refractivity contribution in [1.82, 2.24) is 97.0 Å². The van der Waals surface area contributed by atoms with Gasteiger partial charge in [0.15, 0.2) is 16.9 Å². The number of H-pyrrole nitrogens is 1. The molecule has 21 aromatic rings. The number of benzene rings is 8. The average molecular weight is 1710 g/mol. The third-order valence-corrected chi connectivity index (χ3v) is 23.9. The predicted octanol–water partition coefficient (Wildman–Crippen LogP) is 16.4. The van der Waals surface area contributed by atoms with Crippen LogP contribution in [-0.4, -0.2) is 102 Å². The Kier molecular flexibility index (Phi) is 21.7. The molecule has 0 saturated heterocycles. The minimum Gasteiger partial charge on any atom is -0.508 e. The first kappa shape index (κ1) is 80.4. The molecule has 0 bridgehead atoms. The lowest BCUT2D eigenvalue weighted by Gasteiger charge is -2.19. The second kappa shape index (κ2) is 33.7. The van der Waals surface area contributed by atoms with Gasteiger partial charge in [-0.3, -0.25) is 37.4 Å². The van der Waals surface area contributed by atoms with Crippen LogP contribution < -0.4 is 39.4 Å². The van der Waals surface area contributed by atoms with Crippen molar-refractivity contribution in [3.8, 4) is 39.8 Å². The molecular formula is C94H76ClN23O5S2. The topological polar surface area (TPSA) is 372 Å². The fraction of sp³-hybridized carbons (Fsp3) is 0.106. The number of pyridine rings is 4. The van der Waals surface area contributed by atoms with E-state index in [1.54, 1.807) is 115 Å². The number of thiophene rings is 1. The molecule has 616 valence electrons. The van der Waals surface area contributed by atoms with Gasteiger partial charge in [-0.1, -0.05) is 139 Å². The van der Waals surface area contributed by atoms with Gasteiger partial charge >= 0.3 is 0 Å². The van der Waals surface area contributed by atoms with E-state index in [4.69, 9.17) is 53.8 Å². The lowest BCUT2D eigenvalue weighted by molar-refractivity contribution is 0.475. The van der Waals surface area contributed by atoms with Crippen LogP contribution in [0.5, 0.6) is 5.75 Å². The van der Waals surface area contributed by atoms with E-state index in [1.165, 1.54) is 23.1 Å². The molecule has 31 heteroatoms. The molecule has 0 spiro atoms. The van der Waals surface area contributed by atoms with Crippen LogP contribution in [0.1, 0.15) is 64.1 Å². The molecule has 0 radical (unpaired) electrons. The number of fused-ring (bicyclic) bond motifs is 8. The van der Waals surface area contributed by atoms with Gasteiger partial charge in [0.25, 0.3) is 22.2 Å². The van der Waals surface area contributed by atoms with Crippen molar-refractivity contribution >= 4 is 139 Å². The smallest absolute Gasteiger partial charge is 0.276 e. The van der Waals surface area contributed by atoms with Gasteiger partial charge in [-0.25, -0.2) is 59.5 Å². The van der Waals surface area contributed by atoms with Crippen molar-refractivity contribution in [3.05, 3.63) is 359 Å². The summed E-state index contributed by atoms with van der Waals surface area (Å²) in [6, 6.07) is 65.1. The van der Waals surface area contributed by atoms with Crippen LogP contribution in [-0.2, 0) is 18.8 Å². The number of nitrogen functional groups attached to an aromatic ring is 3. The van der Waals surface area contributed by atoms with E-state index in [-0.39, 0.29) is 40.6 Å². The van der Waals surface area contributed by atoms with Crippen LogP contribution in [0.4, 0.5) is 17.1 Å². The van der Waals surface area contributed by atoms with Crippen molar-refractivity contribution in [1.29, 1.82) is 0 Å². The van der Waals surface area contributed by atoms with Gasteiger partial charge in [0.05, 0.1) is 126 Å². The van der Waals surface area contributed by atoms with Crippen LogP contribution in [0.2, 0.25) is 5.02 Å². The van der Waals surface area contributed by atoms with Crippen molar-refractivity contribution < 1.29 is 5.11 Å². The number of aromatic hydroxyl groups is 1. The van der Waals surface area contributed by atoms with Crippen molar-refractivity contribution in [2.75, 3.05) is 17.2 Å². The highest BCUT2D eigenvalue weighted by molar-refractivity contribution is 7.98. The van der Waals surface area contributed by atoms with Gasteiger partial charge in [-0.15, -0.1) is 11.3 Å². The van der Waals surface area contributed by atoms with Gasteiger partial charge in [0.2, 0.25) is 0 Å². The van der Waals surface area contributed by atoms with Crippen molar-refractivity contribution in [2.45, 2.75) is 71.5 Å². The Morgan fingerprint density at radius 1 is 0.464 bits per heavy atom. The number of para-hydroxylation sites is 4. The molecule has 28 nitrogen and oxygen atoms in total. The van der Waals surface area contributed by atoms with Gasteiger partial charge in [-0.05, 0) is 172 Å². The number of anilines is 3. The zero-order chi connectivity index (χ0) is 86.4. The predicted molar refractivity (Wildman–Crippen MR) is 494 cm³/mol. The lowest BCUT2D eigenvalue weighted by Crippen LogP contribution is -2.26. The summed E-state index contributed by atoms with van der Waals surface area (Å²) >= 11 is 9.26. The molecule has 0 fully saturated rings. The molecule has 8 aromatic carbocycles. The molecule has 13 aromatic heterocycles. The van der Waals surface area contributed by atoms with Crippen LogP contribution in [0, 0.1) is 34.6 Å². The summed E-state index contributed by atoms with van der Waals surface area (Å²) in [5.41, 5.74) is 36.2. The summed E-state index contributed by atoms with van der Waals surface area (Å²) in [7, 11) is 0. The van der Waals surface area contributed by atoms with Crippen LogP contribution in [0.25, 0.3) is 121 Å². The maximum atomic E-state index is 13.9. The van der Waals surface area contributed by atoms with Crippen LogP contribution in [0.3, 0.4) is 0 Å². The lowest BCUT2D eigenvalue weighted by atomic mass is 10.1. The van der Waals surface area contributed by atoms with Crippen molar-refractivity contribution in [2.24, 2.45) is 0 Å². The summed E-state index contributed by atoms with van der Waals surface area (Å²) in [6.45, 7) is 12.3. The van der Waals surface area contributed by atoms with Crippen LogP contribution >= 0.6 is 34.7 Å². The quantitative estimate of drug-likeness (QED) is 0.0631. The normalized spacial score (nSPS) is 11.7. The van der Waals surface area contributed by atoms with E-state index < -0.39 is 0 Å². The number of halogens is 1. The first-order valence-corrected chi connectivity index (χ1v) is 41.9. The number of aromatic amines is 1. The first-order chi connectivity index (χ1) is 60.7. The van der Waals surface area contributed by atoms with E-state index in [0.717, 1.165) is 66.6 Å². The Labute approximate surface area is 724 Å². The molecule has 0 saturated carbocycles. The number of hydrogen-bond acceptors (Lipinski definition) is 22. The minimum absolute atomic E-state index is 0.0788. The van der Waals surface area contributed by atoms with E-state index >= 15 is 0 Å². The number of phenolic OH excluding ortho intramolecular Hbond substituents is 1. The van der Waals surface area contributed by atoms with Crippen LogP contribution in [0.15, 0.2) is 286 Å². The fourth-order valence-electron chi connectivity index (χ4n) is 15.6. The third-order valence-electron chi connectivity index (χ3n) is 21.7. The van der Waals surface area contributed by atoms with Gasteiger partial charge in [0, 0.05) is 36.0 Å². The maximum absolute atomic E-state index is 13.9. The SMILES string of the molecule is CC(c1nc2ccsc2c(=O)n1-c1ccccc1)n1cnc2c(N)ccnc21.Cc1ccccc1-n1c(CSc2nccc3[nH]cnc23)nc2cccc(Cl)c2c1=O.Cc1ccccc1-n1c(Cn2cnc3c(N)ccnc32)nc2cccc(C)c2c1=O.Cc1ccccc1-n1c(Cn2nc(-c3cccc(O)c3)c3c(N)ccnc32)nc2cccc(C)c2c1=O. The number of phenols is 1. The summed E-state index contributed by atoms with van der Waals surface area (Å²) in [4.78, 5) is 108. The van der Waals surface area contributed by atoms with Gasteiger partial charge < -0.3 is 36.4 Å².